The van der Waals surface area contributed by atoms with Gasteiger partial charge in [-0.15, -0.1) is 0 Å². The normalized spacial score (nSPS) is 18.1. The summed E-state index contributed by atoms with van der Waals surface area (Å²) in [6, 6.07) is 0. The van der Waals surface area contributed by atoms with Crippen molar-refractivity contribution in [1.29, 1.82) is 0 Å². The van der Waals surface area contributed by atoms with Crippen LogP contribution in [0.2, 0.25) is 0 Å². The number of ether oxygens (including phenoxy) is 1. The highest BCUT2D eigenvalue weighted by molar-refractivity contribution is 5.80. The summed E-state index contributed by atoms with van der Waals surface area (Å²) in [7, 11) is 0. The van der Waals surface area contributed by atoms with Crippen LogP contribution in [0.15, 0.2) is 0 Å². The van der Waals surface area contributed by atoms with Gasteiger partial charge < -0.3 is 15.0 Å². The van der Waals surface area contributed by atoms with Crippen molar-refractivity contribution < 1.29 is 9.53 Å². The Morgan fingerprint density at radius 1 is 1.30 bits per heavy atom. The van der Waals surface area contributed by atoms with Crippen LogP contribution in [0.4, 0.5) is 0 Å². The molecule has 0 aromatic carbocycles. The van der Waals surface area contributed by atoms with Gasteiger partial charge in [-0.1, -0.05) is 13.8 Å². The maximum absolute atomic E-state index is 12.2. The predicted octanol–water partition coefficient (Wildman–Crippen LogP) is 2.43. The van der Waals surface area contributed by atoms with Crippen molar-refractivity contribution in [2.75, 3.05) is 32.8 Å². The summed E-state index contributed by atoms with van der Waals surface area (Å²) in [6.07, 6.45) is 4.74. The van der Waals surface area contributed by atoms with E-state index in [-0.39, 0.29) is 5.97 Å². The first-order valence-corrected chi connectivity index (χ1v) is 8.20. The quantitative estimate of drug-likeness (QED) is 0.592. The first-order valence-electron chi connectivity index (χ1n) is 8.20. The summed E-state index contributed by atoms with van der Waals surface area (Å²) in [4.78, 5) is 14.7. The van der Waals surface area contributed by atoms with E-state index in [1.54, 1.807) is 0 Å². The molecule has 20 heavy (non-hydrogen) atoms. The summed E-state index contributed by atoms with van der Waals surface area (Å²) < 4.78 is 5.23. The minimum Gasteiger partial charge on any atom is -0.465 e. The highest BCUT2D eigenvalue weighted by Crippen LogP contribution is 2.30. The zero-order chi connectivity index (χ0) is 15.0. The monoisotopic (exact) mass is 284 g/mol. The Labute approximate surface area is 124 Å². The van der Waals surface area contributed by atoms with Gasteiger partial charge in [0.25, 0.3) is 0 Å². The van der Waals surface area contributed by atoms with E-state index >= 15 is 0 Å². The molecule has 0 radical (unpaired) electrons. The number of hydrogen-bond donors (Lipinski definition) is 1. The van der Waals surface area contributed by atoms with Gasteiger partial charge in [-0.05, 0) is 58.5 Å². The lowest BCUT2D eigenvalue weighted by molar-refractivity contribution is -0.151. The van der Waals surface area contributed by atoms with Gasteiger partial charge in [-0.2, -0.15) is 0 Å². The van der Waals surface area contributed by atoms with Gasteiger partial charge in [-0.3, -0.25) is 4.79 Å². The van der Waals surface area contributed by atoms with Gasteiger partial charge in [0.05, 0.1) is 6.61 Å². The molecule has 0 saturated heterocycles. The van der Waals surface area contributed by atoms with Gasteiger partial charge in [0.2, 0.25) is 0 Å². The van der Waals surface area contributed by atoms with Crippen LogP contribution in [0, 0.1) is 5.92 Å². The number of nitrogens with zero attached hydrogens (tertiary/aromatic N) is 1. The fourth-order valence-corrected chi connectivity index (χ4v) is 2.60. The van der Waals surface area contributed by atoms with Gasteiger partial charge in [0.15, 0.2) is 0 Å². The van der Waals surface area contributed by atoms with Crippen molar-refractivity contribution in [3.05, 3.63) is 0 Å². The fourth-order valence-electron chi connectivity index (χ4n) is 2.60. The third kappa shape index (κ3) is 5.80. The van der Waals surface area contributed by atoms with Crippen LogP contribution >= 0.6 is 0 Å². The van der Waals surface area contributed by atoms with E-state index in [1.165, 1.54) is 25.8 Å². The van der Waals surface area contributed by atoms with Crippen LogP contribution in [-0.2, 0) is 9.53 Å². The summed E-state index contributed by atoms with van der Waals surface area (Å²) in [6.45, 7) is 12.6. The van der Waals surface area contributed by atoms with E-state index in [4.69, 9.17) is 4.74 Å². The summed E-state index contributed by atoms with van der Waals surface area (Å²) >= 11 is 0. The van der Waals surface area contributed by atoms with E-state index in [0.717, 1.165) is 32.0 Å². The number of rotatable bonds is 11. The molecule has 0 heterocycles. The molecule has 1 saturated carbocycles. The Morgan fingerprint density at radius 2 is 2.00 bits per heavy atom. The second-order valence-corrected chi connectivity index (χ2v) is 6.08. The molecule has 118 valence electrons. The van der Waals surface area contributed by atoms with Crippen molar-refractivity contribution in [1.82, 2.24) is 10.2 Å². The van der Waals surface area contributed by atoms with E-state index in [2.05, 4.69) is 17.1 Å². The van der Waals surface area contributed by atoms with Crippen LogP contribution in [0.1, 0.15) is 53.4 Å². The standard InChI is InChI=1S/C16H32N2O2/c1-5-11-18(13-14-8-9-14)12-10-16(4,17-6-2)15(19)20-7-3/h14,17H,5-13H2,1-4H3. The van der Waals surface area contributed by atoms with E-state index in [0.29, 0.717) is 6.61 Å². The molecule has 0 aromatic heterocycles. The van der Waals surface area contributed by atoms with Crippen LogP contribution < -0.4 is 5.32 Å². The Bertz CT molecular complexity index is 292. The SMILES string of the molecule is CCCN(CCC(C)(NCC)C(=O)OCC)CC1CC1. The first kappa shape index (κ1) is 17.4. The molecule has 1 rings (SSSR count). The fraction of sp³-hybridized carbons (Fsp3) is 0.938. The third-order valence-corrected chi connectivity index (χ3v) is 3.97. The molecule has 4 heteroatoms. The molecule has 0 spiro atoms. The maximum atomic E-state index is 12.2. The molecule has 0 aromatic rings. The van der Waals surface area contributed by atoms with Crippen molar-refractivity contribution >= 4 is 5.97 Å². The smallest absolute Gasteiger partial charge is 0.326 e. The number of carbonyl (C=O) groups is 1. The molecule has 0 amide bonds. The highest BCUT2D eigenvalue weighted by atomic mass is 16.5. The topological polar surface area (TPSA) is 41.6 Å². The molecular formula is C16H32N2O2. The van der Waals surface area contributed by atoms with Gasteiger partial charge in [0.1, 0.15) is 5.54 Å². The Balaban J connectivity index is 2.51. The average molecular weight is 284 g/mol. The van der Waals surface area contributed by atoms with Crippen molar-refractivity contribution in [2.24, 2.45) is 5.92 Å². The lowest BCUT2D eigenvalue weighted by Gasteiger charge is -2.31. The van der Waals surface area contributed by atoms with Crippen LogP contribution in [-0.4, -0.2) is 49.2 Å². The number of carbonyl (C=O) groups excluding carboxylic acids is 1. The zero-order valence-electron chi connectivity index (χ0n) is 13.7. The first-order chi connectivity index (χ1) is 9.55. The minimum atomic E-state index is -0.555. The van der Waals surface area contributed by atoms with Crippen LogP contribution in [0.5, 0.6) is 0 Å². The Hall–Kier alpha value is -0.610. The maximum Gasteiger partial charge on any atom is 0.326 e. The second kappa shape index (κ2) is 8.63. The van der Waals surface area contributed by atoms with E-state index < -0.39 is 5.54 Å². The molecular weight excluding hydrogens is 252 g/mol. The van der Waals surface area contributed by atoms with E-state index in [1.807, 2.05) is 20.8 Å². The minimum absolute atomic E-state index is 0.121. The lowest BCUT2D eigenvalue weighted by Crippen LogP contribution is -2.52. The molecule has 0 aliphatic heterocycles. The number of esters is 1. The molecule has 1 aliphatic carbocycles. The summed E-state index contributed by atoms with van der Waals surface area (Å²) in [5, 5.41) is 3.31. The van der Waals surface area contributed by atoms with Crippen molar-refractivity contribution in [3.8, 4) is 0 Å². The molecule has 1 aliphatic rings. The molecule has 4 nitrogen and oxygen atoms in total. The summed E-state index contributed by atoms with van der Waals surface area (Å²) in [5.41, 5.74) is -0.555. The predicted molar refractivity (Wildman–Crippen MR) is 82.8 cm³/mol. The molecule has 1 N–H and O–H groups in total. The number of likely N-dealkylation sites (N-methyl/N-ethyl adjacent to an activating group) is 1. The molecule has 1 fully saturated rings. The molecule has 0 bridgehead atoms. The largest absolute Gasteiger partial charge is 0.465 e. The Morgan fingerprint density at radius 3 is 2.50 bits per heavy atom. The highest BCUT2D eigenvalue weighted by Gasteiger charge is 2.34. The van der Waals surface area contributed by atoms with Crippen LogP contribution in [0.3, 0.4) is 0 Å². The van der Waals surface area contributed by atoms with Gasteiger partial charge in [0, 0.05) is 13.1 Å². The molecule has 1 unspecified atom stereocenters. The zero-order valence-corrected chi connectivity index (χ0v) is 13.7. The third-order valence-electron chi connectivity index (χ3n) is 3.97. The van der Waals surface area contributed by atoms with Crippen molar-refractivity contribution in [3.63, 3.8) is 0 Å². The molecule has 1 atom stereocenters. The second-order valence-electron chi connectivity index (χ2n) is 6.08. The van der Waals surface area contributed by atoms with Gasteiger partial charge >= 0.3 is 5.97 Å². The van der Waals surface area contributed by atoms with Crippen molar-refractivity contribution in [2.45, 2.75) is 58.9 Å². The van der Waals surface area contributed by atoms with Crippen LogP contribution in [0.25, 0.3) is 0 Å². The average Bonchev–Trinajstić information content (AvgIpc) is 3.21. The number of nitrogens with one attached hydrogen (secondary N) is 1. The lowest BCUT2D eigenvalue weighted by atomic mass is 9.97. The number of hydrogen-bond acceptors (Lipinski definition) is 4. The summed E-state index contributed by atoms with van der Waals surface area (Å²) in [5.74, 6) is 0.777. The van der Waals surface area contributed by atoms with E-state index in [9.17, 15) is 4.79 Å². The Kier molecular flexibility index (Phi) is 7.52. The van der Waals surface area contributed by atoms with Gasteiger partial charge in [-0.25, -0.2) is 0 Å².